The zero-order valence-electron chi connectivity index (χ0n) is 23.6. The molecule has 1 aromatic heterocycles. The van der Waals surface area contributed by atoms with E-state index in [1.165, 1.54) is 0 Å². The Morgan fingerprint density at radius 2 is 1.67 bits per heavy atom. The molecule has 3 amide bonds. The molecule has 0 atom stereocenters. The van der Waals surface area contributed by atoms with E-state index in [9.17, 15) is 9.59 Å². The van der Waals surface area contributed by atoms with E-state index in [1.54, 1.807) is 9.58 Å². The maximum absolute atomic E-state index is 13.4. The van der Waals surface area contributed by atoms with Gasteiger partial charge in [0, 0.05) is 23.4 Å². The van der Waals surface area contributed by atoms with Gasteiger partial charge in [0.2, 0.25) is 5.91 Å². The van der Waals surface area contributed by atoms with Gasteiger partial charge in [-0.15, -0.1) is 0 Å². The van der Waals surface area contributed by atoms with Crippen LogP contribution >= 0.6 is 0 Å². The molecule has 0 aliphatic heterocycles. The van der Waals surface area contributed by atoms with Crippen LogP contribution in [0.3, 0.4) is 0 Å². The lowest BCUT2D eigenvalue weighted by molar-refractivity contribution is -0.116. The fraction of sp³-hybridized carbons (Fsp3) is 0.344. The molecule has 0 saturated carbocycles. The highest BCUT2D eigenvalue weighted by Gasteiger charge is 2.23. The van der Waals surface area contributed by atoms with Gasteiger partial charge in [0.05, 0.1) is 17.1 Å². The Morgan fingerprint density at radius 1 is 0.923 bits per heavy atom. The van der Waals surface area contributed by atoms with Crippen molar-refractivity contribution >= 4 is 34.2 Å². The van der Waals surface area contributed by atoms with E-state index in [1.807, 2.05) is 79.7 Å². The summed E-state index contributed by atoms with van der Waals surface area (Å²) in [6, 6.07) is 23.4. The van der Waals surface area contributed by atoms with Gasteiger partial charge in [0.15, 0.2) is 0 Å². The highest BCUT2D eigenvalue weighted by Crippen LogP contribution is 2.27. The molecule has 4 rings (SSSR count). The maximum atomic E-state index is 13.4. The van der Waals surface area contributed by atoms with Gasteiger partial charge in [0.1, 0.15) is 12.4 Å². The second kappa shape index (κ2) is 12.2. The monoisotopic (exact) mass is 525 g/mol. The molecule has 0 aliphatic rings. The second-order valence-electron chi connectivity index (χ2n) is 11.0. The third-order valence-electron chi connectivity index (χ3n) is 6.68. The van der Waals surface area contributed by atoms with E-state index in [-0.39, 0.29) is 23.9 Å². The van der Waals surface area contributed by atoms with Crippen molar-refractivity contribution in [3.05, 3.63) is 84.1 Å². The number of urea groups is 1. The zero-order valence-corrected chi connectivity index (χ0v) is 23.6. The largest absolute Gasteiger partial charge is 0.322 e. The molecule has 204 valence electrons. The summed E-state index contributed by atoms with van der Waals surface area (Å²) in [6.45, 7) is 10.8. The Morgan fingerprint density at radius 3 is 2.41 bits per heavy atom. The van der Waals surface area contributed by atoms with E-state index in [0.29, 0.717) is 12.4 Å². The van der Waals surface area contributed by atoms with Gasteiger partial charge in [-0.05, 0) is 42.5 Å². The van der Waals surface area contributed by atoms with Crippen LogP contribution in [-0.4, -0.2) is 39.7 Å². The average molecular weight is 526 g/mol. The van der Waals surface area contributed by atoms with Crippen molar-refractivity contribution < 1.29 is 9.59 Å². The molecule has 1 heterocycles. The van der Waals surface area contributed by atoms with E-state index < -0.39 is 0 Å². The molecule has 0 saturated heterocycles. The smallest absolute Gasteiger partial charge is 0.315 e. The number of benzene rings is 3. The van der Waals surface area contributed by atoms with Gasteiger partial charge < -0.3 is 15.5 Å². The fourth-order valence-electron chi connectivity index (χ4n) is 4.48. The average Bonchev–Trinajstić information content (AvgIpc) is 3.33. The summed E-state index contributed by atoms with van der Waals surface area (Å²) >= 11 is 0. The number of amides is 3. The minimum atomic E-state index is -0.292. The lowest BCUT2D eigenvalue weighted by atomic mass is 9.92. The molecule has 3 aromatic carbocycles. The molecule has 7 nitrogen and oxygen atoms in total. The third kappa shape index (κ3) is 7.05. The number of hydrogen-bond donors (Lipinski definition) is 2. The lowest BCUT2D eigenvalue weighted by Gasteiger charge is -2.23. The first-order chi connectivity index (χ1) is 18.7. The van der Waals surface area contributed by atoms with Crippen molar-refractivity contribution in [3.63, 3.8) is 0 Å². The topological polar surface area (TPSA) is 79.3 Å². The van der Waals surface area contributed by atoms with E-state index in [0.717, 1.165) is 52.7 Å². The molecule has 7 heteroatoms. The summed E-state index contributed by atoms with van der Waals surface area (Å²) in [5.41, 5.74) is 3.37. The molecule has 4 aromatic rings. The van der Waals surface area contributed by atoms with Crippen molar-refractivity contribution in [3.8, 4) is 5.69 Å². The molecule has 39 heavy (non-hydrogen) atoms. The van der Waals surface area contributed by atoms with Crippen LogP contribution in [0.5, 0.6) is 0 Å². The first kappa shape index (κ1) is 27.9. The summed E-state index contributed by atoms with van der Waals surface area (Å²) in [6.07, 6.45) is 2.83. The quantitative estimate of drug-likeness (QED) is 0.225. The number of nitrogens with zero attached hydrogens (tertiary/aromatic N) is 3. The minimum absolute atomic E-state index is 0.0653. The molecule has 0 fully saturated rings. The second-order valence-corrected chi connectivity index (χ2v) is 11.0. The maximum Gasteiger partial charge on any atom is 0.322 e. The molecule has 2 N–H and O–H groups in total. The Balaban J connectivity index is 1.56. The normalized spacial score (nSPS) is 11.4. The van der Waals surface area contributed by atoms with Gasteiger partial charge in [-0.25, -0.2) is 9.48 Å². The Kier molecular flexibility index (Phi) is 8.69. The highest BCUT2D eigenvalue weighted by atomic mass is 16.2. The van der Waals surface area contributed by atoms with E-state index in [4.69, 9.17) is 5.10 Å². The number of rotatable bonds is 9. The van der Waals surface area contributed by atoms with Crippen LogP contribution in [0.1, 0.15) is 58.2 Å². The van der Waals surface area contributed by atoms with Crippen LogP contribution in [0.25, 0.3) is 16.5 Å². The first-order valence-corrected chi connectivity index (χ1v) is 13.7. The molecule has 0 bridgehead atoms. The number of unbranched alkanes of at least 4 members (excludes halogenated alkanes) is 2. The van der Waals surface area contributed by atoms with Crippen LogP contribution in [0.2, 0.25) is 0 Å². The van der Waals surface area contributed by atoms with E-state index >= 15 is 0 Å². The molecule has 0 radical (unpaired) electrons. The number of carbonyl (C=O) groups is 2. The molecular formula is C32H39N5O2. The van der Waals surface area contributed by atoms with Crippen molar-refractivity contribution in [2.45, 2.75) is 59.3 Å². The van der Waals surface area contributed by atoms with Crippen LogP contribution in [0.4, 0.5) is 16.3 Å². The van der Waals surface area contributed by atoms with Crippen LogP contribution in [0, 0.1) is 6.92 Å². The zero-order chi connectivity index (χ0) is 28.0. The number of hydrogen-bond acceptors (Lipinski definition) is 3. The SMILES string of the molecule is CCCCCN(CC(=O)Nc1cc(C(C)(C)C)nn1-c1cccc(C)c1)C(=O)Nc1cccc2ccccc12. The van der Waals surface area contributed by atoms with Crippen molar-refractivity contribution in [2.75, 3.05) is 23.7 Å². The number of anilines is 2. The summed E-state index contributed by atoms with van der Waals surface area (Å²) in [7, 11) is 0. The predicted octanol–water partition coefficient (Wildman–Crippen LogP) is 7.29. The Labute approximate surface area is 231 Å². The number of nitrogens with one attached hydrogen (secondary N) is 2. The summed E-state index contributed by atoms with van der Waals surface area (Å²) in [4.78, 5) is 28.4. The number of fused-ring (bicyclic) bond motifs is 1. The first-order valence-electron chi connectivity index (χ1n) is 13.7. The van der Waals surface area contributed by atoms with Crippen molar-refractivity contribution in [1.29, 1.82) is 0 Å². The van der Waals surface area contributed by atoms with Crippen LogP contribution in [0.15, 0.2) is 72.8 Å². The van der Waals surface area contributed by atoms with Gasteiger partial charge in [-0.2, -0.15) is 5.10 Å². The van der Waals surface area contributed by atoms with Crippen LogP contribution in [-0.2, 0) is 10.2 Å². The Hall–Kier alpha value is -4.13. The van der Waals surface area contributed by atoms with Gasteiger partial charge in [-0.1, -0.05) is 89.1 Å². The summed E-state index contributed by atoms with van der Waals surface area (Å²) in [5.74, 6) is 0.312. The summed E-state index contributed by atoms with van der Waals surface area (Å²) < 4.78 is 1.77. The van der Waals surface area contributed by atoms with Crippen molar-refractivity contribution in [1.82, 2.24) is 14.7 Å². The van der Waals surface area contributed by atoms with Crippen LogP contribution < -0.4 is 10.6 Å². The molecule has 0 unspecified atom stereocenters. The minimum Gasteiger partial charge on any atom is -0.315 e. The third-order valence-corrected chi connectivity index (χ3v) is 6.68. The molecule has 0 spiro atoms. The lowest BCUT2D eigenvalue weighted by Crippen LogP contribution is -2.41. The van der Waals surface area contributed by atoms with Gasteiger partial charge in [0.25, 0.3) is 0 Å². The predicted molar refractivity (Wildman–Crippen MR) is 160 cm³/mol. The number of aromatic nitrogens is 2. The number of aryl methyl sites for hydroxylation is 1. The van der Waals surface area contributed by atoms with Gasteiger partial charge >= 0.3 is 6.03 Å². The Bertz CT molecular complexity index is 1450. The molecular weight excluding hydrogens is 486 g/mol. The standard InChI is InChI=1S/C32H39N5O2/c1-6-7-10-19-36(31(39)33-27-18-12-15-24-14-8-9-17-26(24)27)22-30(38)34-29-21-28(32(3,4)5)35-37(29)25-16-11-13-23(2)20-25/h8-9,11-18,20-21H,6-7,10,19,22H2,1-5H3,(H,33,39)(H,34,38). The van der Waals surface area contributed by atoms with Gasteiger partial charge in [-0.3, -0.25) is 4.79 Å². The molecule has 0 aliphatic carbocycles. The number of carbonyl (C=O) groups excluding carboxylic acids is 2. The highest BCUT2D eigenvalue weighted by molar-refractivity contribution is 6.03. The van der Waals surface area contributed by atoms with E-state index in [2.05, 4.69) is 38.3 Å². The van der Waals surface area contributed by atoms with Crippen molar-refractivity contribution in [2.24, 2.45) is 0 Å². The summed E-state index contributed by atoms with van der Waals surface area (Å²) in [5, 5.41) is 12.9. The fourth-order valence-corrected chi connectivity index (χ4v) is 4.48.